The van der Waals surface area contributed by atoms with Crippen LogP contribution in [0.5, 0.6) is 5.75 Å². The summed E-state index contributed by atoms with van der Waals surface area (Å²) >= 11 is 2.98. The normalized spacial score (nSPS) is 11.1. The first-order chi connectivity index (χ1) is 8.43. The van der Waals surface area contributed by atoms with Crippen molar-refractivity contribution in [2.24, 2.45) is 0 Å². The van der Waals surface area contributed by atoms with Crippen LogP contribution in [0.25, 0.3) is 0 Å². The number of nitrogens with one attached hydrogen (secondary N) is 1. The van der Waals surface area contributed by atoms with Crippen LogP contribution in [-0.4, -0.2) is 24.4 Å². The molecule has 0 unspecified atom stereocenters. The highest BCUT2D eigenvalue weighted by atomic mass is 79.9. The highest BCUT2D eigenvalue weighted by molar-refractivity contribution is 9.09. The van der Waals surface area contributed by atoms with E-state index in [1.165, 1.54) is 12.1 Å². The molecule has 1 aromatic carbocycles. The number of benzene rings is 1. The lowest BCUT2D eigenvalue weighted by molar-refractivity contribution is -0.137. The van der Waals surface area contributed by atoms with E-state index in [2.05, 4.69) is 21.2 Å². The minimum Gasteiger partial charge on any atom is -0.492 e. The first kappa shape index (κ1) is 14.8. The van der Waals surface area contributed by atoms with E-state index in [0.29, 0.717) is 12.3 Å². The highest BCUT2D eigenvalue weighted by Crippen LogP contribution is 2.30. The quantitative estimate of drug-likeness (QED) is 0.667. The number of hydrogen-bond donors (Lipinski definition) is 1. The first-order valence-corrected chi connectivity index (χ1v) is 6.18. The first-order valence-electron chi connectivity index (χ1n) is 5.06. The average molecular weight is 326 g/mol. The van der Waals surface area contributed by atoms with Gasteiger partial charge in [0.25, 0.3) is 0 Å². The Kier molecular flexibility index (Phi) is 5.46. The van der Waals surface area contributed by atoms with E-state index in [-0.39, 0.29) is 17.8 Å². The fourth-order valence-corrected chi connectivity index (χ4v) is 1.34. The Morgan fingerprint density at radius 1 is 1.28 bits per heavy atom. The van der Waals surface area contributed by atoms with Crippen LogP contribution in [0.4, 0.5) is 13.2 Å². The number of rotatable bonds is 5. The maximum absolute atomic E-state index is 12.3. The summed E-state index contributed by atoms with van der Waals surface area (Å²) in [4.78, 5) is 10.8. The van der Waals surface area contributed by atoms with Crippen molar-refractivity contribution in [3.8, 4) is 5.75 Å². The monoisotopic (exact) mass is 325 g/mol. The molecular weight excluding hydrogens is 315 g/mol. The maximum Gasteiger partial charge on any atom is 0.416 e. The van der Waals surface area contributed by atoms with Crippen molar-refractivity contribution >= 4 is 21.8 Å². The number of halogens is 4. The van der Waals surface area contributed by atoms with Crippen molar-refractivity contribution in [1.82, 2.24) is 5.32 Å². The summed E-state index contributed by atoms with van der Waals surface area (Å²) in [5.41, 5.74) is -0.720. The van der Waals surface area contributed by atoms with Gasteiger partial charge < -0.3 is 10.1 Å². The highest BCUT2D eigenvalue weighted by Gasteiger charge is 2.29. The summed E-state index contributed by atoms with van der Waals surface area (Å²) in [6.07, 6.45) is -4.34. The Morgan fingerprint density at radius 2 is 1.89 bits per heavy atom. The smallest absolute Gasteiger partial charge is 0.416 e. The van der Waals surface area contributed by atoms with E-state index in [9.17, 15) is 18.0 Å². The van der Waals surface area contributed by atoms with Gasteiger partial charge in [-0.1, -0.05) is 15.9 Å². The topological polar surface area (TPSA) is 38.3 Å². The zero-order valence-electron chi connectivity index (χ0n) is 9.26. The minimum absolute atomic E-state index is 0.175. The predicted molar refractivity (Wildman–Crippen MR) is 63.7 cm³/mol. The van der Waals surface area contributed by atoms with Crippen LogP contribution in [0.2, 0.25) is 0 Å². The Balaban J connectivity index is 2.38. The SMILES string of the molecule is O=C(CBr)NCCOc1ccc(C(F)(F)F)cc1. The number of amides is 1. The molecule has 0 saturated heterocycles. The Bertz CT molecular complexity index is 392. The number of carbonyl (C=O) groups is 1. The molecule has 18 heavy (non-hydrogen) atoms. The molecule has 0 spiro atoms. The van der Waals surface area contributed by atoms with E-state index >= 15 is 0 Å². The number of carbonyl (C=O) groups excluding carboxylic acids is 1. The van der Waals surface area contributed by atoms with Crippen LogP contribution in [0, 0.1) is 0 Å². The molecule has 0 atom stereocenters. The van der Waals surface area contributed by atoms with Gasteiger partial charge in [0.05, 0.1) is 17.4 Å². The molecule has 0 aliphatic heterocycles. The summed E-state index contributed by atoms with van der Waals surface area (Å²) < 4.78 is 42.0. The molecule has 1 amide bonds. The molecule has 0 aliphatic rings. The van der Waals surface area contributed by atoms with Crippen molar-refractivity contribution in [2.45, 2.75) is 6.18 Å². The molecule has 3 nitrogen and oxygen atoms in total. The van der Waals surface area contributed by atoms with E-state index < -0.39 is 11.7 Å². The summed E-state index contributed by atoms with van der Waals surface area (Å²) in [5.74, 6) is 0.155. The van der Waals surface area contributed by atoms with Crippen molar-refractivity contribution in [2.75, 3.05) is 18.5 Å². The molecule has 1 rings (SSSR count). The van der Waals surface area contributed by atoms with Crippen LogP contribution in [0.1, 0.15) is 5.56 Å². The molecule has 7 heteroatoms. The average Bonchev–Trinajstić information content (AvgIpc) is 2.33. The third kappa shape index (κ3) is 4.95. The van der Waals surface area contributed by atoms with Gasteiger partial charge in [-0.3, -0.25) is 4.79 Å². The standard InChI is InChI=1S/C11H11BrF3NO2/c12-7-10(17)16-5-6-18-9-3-1-8(2-4-9)11(13,14)15/h1-4H,5-7H2,(H,16,17). The van der Waals surface area contributed by atoms with Crippen molar-refractivity contribution in [1.29, 1.82) is 0 Å². The zero-order chi connectivity index (χ0) is 13.6. The summed E-state index contributed by atoms with van der Waals surface area (Å²) in [5, 5.41) is 2.75. The molecule has 0 saturated carbocycles. The molecular formula is C11H11BrF3NO2. The Morgan fingerprint density at radius 3 is 2.39 bits per heavy atom. The Labute approximate surface area is 110 Å². The van der Waals surface area contributed by atoms with Gasteiger partial charge in [-0.2, -0.15) is 13.2 Å². The van der Waals surface area contributed by atoms with E-state index in [1.54, 1.807) is 0 Å². The van der Waals surface area contributed by atoms with Crippen LogP contribution in [-0.2, 0) is 11.0 Å². The van der Waals surface area contributed by atoms with Crippen LogP contribution in [0.15, 0.2) is 24.3 Å². The molecule has 0 heterocycles. The third-order valence-corrected chi connectivity index (χ3v) is 2.51. The summed E-state index contributed by atoms with van der Waals surface area (Å²) in [7, 11) is 0. The second kappa shape index (κ2) is 6.63. The molecule has 0 radical (unpaired) electrons. The molecule has 0 bridgehead atoms. The fourth-order valence-electron chi connectivity index (χ4n) is 1.15. The van der Waals surface area contributed by atoms with Crippen LogP contribution >= 0.6 is 15.9 Å². The largest absolute Gasteiger partial charge is 0.492 e. The van der Waals surface area contributed by atoms with Crippen molar-refractivity contribution in [3.63, 3.8) is 0 Å². The second-order valence-electron chi connectivity index (χ2n) is 3.35. The second-order valence-corrected chi connectivity index (χ2v) is 3.91. The van der Waals surface area contributed by atoms with Gasteiger partial charge in [0.2, 0.25) is 5.91 Å². The molecule has 1 aromatic rings. The van der Waals surface area contributed by atoms with Gasteiger partial charge >= 0.3 is 6.18 Å². The number of ether oxygens (including phenoxy) is 1. The predicted octanol–water partition coefficient (Wildman–Crippen LogP) is 2.60. The number of hydrogen-bond acceptors (Lipinski definition) is 2. The lowest BCUT2D eigenvalue weighted by Gasteiger charge is -2.09. The molecule has 100 valence electrons. The summed E-state index contributed by atoms with van der Waals surface area (Å²) in [6, 6.07) is 4.39. The number of alkyl halides is 4. The van der Waals surface area contributed by atoms with E-state index in [0.717, 1.165) is 12.1 Å². The van der Waals surface area contributed by atoms with Crippen molar-refractivity contribution in [3.05, 3.63) is 29.8 Å². The molecule has 0 fully saturated rings. The van der Waals surface area contributed by atoms with Gasteiger partial charge in [-0.15, -0.1) is 0 Å². The minimum atomic E-state index is -4.34. The summed E-state index contributed by atoms with van der Waals surface area (Å²) in [6.45, 7) is 0.496. The lowest BCUT2D eigenvalue weighted by atomic mass is 10.2. The van der Waals surface area contributed by atoms with Gasteiger partial charge in [0.15, 0.2) is 0 Å². The van der Waals surface area contributed by atoms with Crippen LogP contribution < -0.4 is 10.1 Å². The van der Waals surface area contributed by atoms with Crippen LogP contribution in [0.3, 0.4) is 0 Å². The third-order valence-electron chi connectivity index (χ3n) is 2.00. The maximum atomic E-state index is 12.3. The Hall–Kier alpha value is -1.24. The van der Waals surface area contributed by atoms with Gasteiger partial charge in [0.1, 0.15) is 12.4 Å². The molecule has 1 N–H and O–H groups in total. The molecule has 0 aromatic heterocycles. The van der Waals surface area contributed by atoms with E-state index in [4.69, 9.17) is 4.74 Å². The van der Waals surface area contributed by atoms with Gasteiger partial charge in [0, 0.05) is 0 Å². The van der Waals surface area contributed by atoms with Crippen molar-refractivity contribution < 1.29 is 22.7 Å². The lowest BCUT2D eigenvalue weighted by Crippen LogP contribution is -2.28. The molecule has 0 aliphatic carbocycles. The van der Waals surface area contributed by atoms with Gasteiger partial charge in [-0.05, 0) is 24.3 Å². The fraction of sp³-hybridized carbons (Fsp3) is 0.364. The van der Waals surface area contributed by atoms with Gasteiger partial charge in [-0.25, -0.2) is 0 Å². The zero-order valence-corrected chi connectivity index (χ0v) is 10.8. The van der Waals surface area contributed by atoms with E-state index in [1.807, 2.05) is 0 Å².